The molecule has 0 saturated carbocycles. The molecule has 0 spiro atoms. The van der Waals surface area contributed by atoms with Crippen LogP contribution in [-0.2, 0) is 10.3 Å². The maximum atomic E-state index is 13.7. The second kappa shape index (κ2) is 5.05. The van der Waals surface area contributed by atoms with E-state index in [1.165, 1.54) is 7.11 Å². The SMILES string of the molecule is CCC(O)(COC)c1cccc(Br)c1F. The minimum atomic E-state index is -1.26. The number of hydrogen-bond acceptors (Lipinski definition) is 2. The van der Waals surface area contributed by atoms with Gasteiger partial charge >= 0.3 is 0 Å². The zero-order valence-electron chi connectivity index (χ0n) is 8.76. The van der Waals surface area contributed by atoms with Crippen molar-refractivity contribution in [3.05, 3.63) is 34.1 Å². The summed E-state index contributed by atoms with van der Waals surface area (Å²) in [4.78, 5) is 0. The number of halogens is 2. The zero-order chi connectivity index (χ0) is 11.5. The maximum absolute atomic E-state index is 13.7. The van der Waals surface area contributed by atoms with Crippen LogP contribution in [0.2, 0.25) is 0 Å². The standard InChI is InChI=1S/C11H14BrFO2/c1-3-11(14,7-15-2)8-5-4-6-9(12)10(8)13/h4-6,14H,3,7H2,1-2H3. The van der Waals surface area contributed by atoms with Crippen LogP contribution in [0.15, 0.2) is 22.7 Å². The van der Waals surface area contributed by atoms with Gasteiger partial charge in [0.25, 0.3) is 0 Å². The van der Waals surface area contributed by atoms with Crippen LogP contribution in [0, 0.1) is 5.82 Å². The van der Waals surface area contributed by atoms with E-state index >= 15 is 0 Å². The molecule has 1 unspecified atom stereocenters. The van der Waals surface area contributed by atoms with Gasteiger partial charge in [0.15, 0.2) is 0 Å². The summed E-state index contributed by atoms with van der Waals surface area (Å²) in [6.07, 6.45) is 0.397. The van der Waals surface area contributed by atoms with Crippen molar-refractivity contribution in [2.24, 2.45) is 0 Å². The lowest BCUT2D eigenvalue weighted by Crippen LogP contribution is -2.31. The van der Waals surface area contributed by atoms with E-state index in [1.807, 2.05) is 0 Å². The van der Waals surface area contributed by atoms with Gasteiger partial charge in [0, 0.05) is 12.7 Å². The second-order valence-electron chi connectivity index (χ2n) is 3.42. The van der Waals surface area contributed by atoms with Gasteiger partial charge in [-0.1, -0.05) is 19.1 Å². The maximum Gasteiger partial charge on any atom is 0.143 e. The summed E-state index contributed by atoms with van der Waals surface area (Å²) in [6.45, 7) is 1.87. The predicted molar refractivity (Wildman–Crippen MR) is 60.2 cm³/mol. The fourth-order valence-corrected chi connectivity index (χ4v) is 1.84. The summed E-state index contributed by atoms with van der Waals surface area (Å²) in [5.41, 5.74) is -0.996. The number of ether oxygens (including phenoxy) is 1. The van der Waals surface area contributed by atoms with E-state index < -0.39 is 11.4 Å². The molecule has 0 radical (unpaired) electrons. The number of rotatable bonds is 4. The highest BCUT2D eigenvalue weighted by atomic mass is 79.9. The highest BCUT2D eigenvalue weighted by molar-refractivity contribution is 9.10. The largest absolute Gasteiger partial charge is 0.383 e. The molecule has 1 rings (SSSR count). The third kappa shape index (κ3) is 2.56. The zero-order valence-corrected chi connectivity index (χ0v) is 10.3. The Morgan fingerprint density at radius 1 is 1.53 bits per heavy atom. The smallest absolute Gasteiger partial charge is 0.143 e. The average Bonchev–Trinajstić information content (AvgIpc) is 2.22. The molecular formula is C11H14BrFO2. The van der Waals surface area contributed by atoms with Crippen molar-refractivity contribution in [2.45, 2.75) is 18.9 Å². The van der Waals surface area contributed by atoms with Gasteiger partial charge < -0.3 is 9.84 Å². The summed E-state index contributed by atoms with van der Waals surface area (Å²) in [5.74, 6) is -0.432. The Labute approximate surface area is 97.2 Å². The minimum Gasteiger partial charge on any atom is -0.383 e. The molecular weight excluding hydrogens is 263 g/mol. The highest BCUT2D eigenvalue weighted by Gasteiger charge is 2.30. The fraction of sp³-hybridized carbons (Fsp3) is 0.455. The molecule has 0 amide bonds. The van der Waals surface area contributed by atoms with Crippen molar-refractivity contribution >= 4 is 15.9 Å². The molecule has 1 aromatic carbocycles. The third-order valence-corrected chi connectivity index (χ3v) is 3.03. The molecule has 1 N–H and O–H groups in total. The second-order valence-corrected chi connectivity index (χ2v) is 4.27. The summed E-state index contributed by atoms with van der Waals surface area (Å²) in [5, 5.41) is 10.2. The van der Waals surface area contributed by atoms with Crippen LogP contribution in [0.4, 0.5) is 4.39 Å². The summed E-state index contributed by atoms with van der Waals surface area (Å²) < 4.78 is 19.0. The number of hydrogen-bond donors (Lipinski definition) is 1. The monoisotopic (exact) mass is 276 g/mol. The van der Waals surface area contributed by atoms with Crippen molar-refractivity contribution in [3.63, 3.8) is 0 Å². The van der Waals surface area contributed by atoms with Crippen LogP contribution in [0.5, 0.6) is 0 Å². The average molecular weight is 277 g/mol. The molecule has 0 saturated heterocycles. The van der Waals surface area contributed by atoms with Gasteiger partial charge in [-0.05, 0) is 28.4 Å². The van der Waals surface area contributed by atoms with Gasteiger partial charge in [-0.25, -0.2) is 4.39 Å². The lowest BCUT2D eigenvalue weighted by Gasteiger charge is -2.27. The molecule has 2 nitrogen and oxygen atoms in total. The first kappa shape index (κ1) is 12.6. The van der Waals surface area contributed by atoms with Crippen LogP contribution in [0.3, 0.4) is 0 Å². The molecule has 1 atom stereocenters. The first-order valence-corrected chi connectivity index (χ1v) is 5.50. The Morgan fingerprint density at radius 2 is 2.20 bits per heavy atom. The van der Waals surface area contributed by atoms with Crippen LogP contribution in [0.25, 0.3) is 0 Å². The fourth-order valence-electron chi connectivity index (χ4n) is 1.47. The Balaban J connectivity index is 3.17. The Kier molecular flexibility index (Phi) is 4.25. The third-order valence-electron chi connectivity index (χ3n) is 2.42. The molecule has 4 heteroatoms. The molecule has 0 aliphatic heterocycles. The minimum absolute atomic E-state index is 0.0802. The van der Waals surface area contributed by atoms with Gasteiger partial charge in [0.05, 0.1) is 11.1 Å². The van der Waals surface area contributed by atoms with Crippen LogP contribution in [-0.4, -0.2) is 18.8 Å². The molecule has 1 aromatic rings. The first-order chi connectivity index (χ1) is 7.05. The normalized spacial score (nSPS) is 15.0. The molecule has 0 bridgehead atoms. The topological polar surface area (TPSA) is 29.5 Å². The number of methoxy groups -OCH3 is 1. The summed E-state index contributed by atoms with van der Waals surface area (Å²) >= 11 is 3.09. The molecule has 15 heavy (non-hydrogen) atoms. The Bertz CT molecular complexity index is 343. The molecule has 0 aromatic heterocycles. The van der Waals surface area contributed by atoms with E-state index in [0.717, 1.165) is 0 Å². The first-order valence-electron chi connectivity index (χ1n) is 4.71. The van der Waals surface area contributed by atoms with Crippen molar-refractivity contribution in [2.75, 3.05) is 13.7 Å². The van der Waals surface area contributed by atoms with Crippen molar-refractivity contribution in [3.8, 4) is 0 Å². The molecule has 0 heterocycles. The van der Waals surface area contributed by atoms with Crippen molar-refractivity contribution in [1.29, 1.82) is 0 Å². The van der Waals surface area contributed by atoms with Crippen LogP contribution >= 0.6 is 15.9 Å². The van der Waals surface area contributed by atoms with E-state index in [9.17, 15) is 9.50 Å². The quantitative estimate of drug-likeness (QED) is 0.917. The van der Waals surface area contributed by atoms with Gasteiger partial charge in [0.2, 0.25) is 0 Å². The number of aliphatic hydroxyl groups is 1. The summed E-state index contributed by atoms with van der Waals surface area (Å²) in [6, 6.07) is 4.86. The molecule has 0 fully saturated rings. The number of benzene rings is 1. The van der Waals surface area contributed by atoms with Crippen molar-refractivity contribution < 1.29 is 14.2 Å². The van der Waals surface area contributed by atoms with E-state index in [-0.39, 0.29) is 12.2 Å². The highest BCUT2D eigenvalue weighted by Crippen LogP contribution is 2.30. The van der Waals surface area contributed by atoms with E-state index in [1.54, 1.807) is 25.1 Å². The summed E-state index contributed by atoms with van der Waals surface area (Å²) in [7, 11) is 1.48. The van der Waals surface area contributed by atoms with E-state index in [0.29, 0.717) is 10.9 Å². The molecule has 0 aliphatic carbocycles. The Hall–Kier alpha value is -0.450. The van der Waals surface area contributed by atoms with E-state index in [4.69, 9.17) is 4.74 Å². The van der Waals surface area contributed by atoms with Gasteiger partial charge in [0.1, 0.15) is 11.4 Å². The lowest BCUT2D eigenvalue weighted by atomic mass is 9.91. The lowest BCUT2D eigenvalue weighted by molar-refractivity contribution is -0.0410. The Morgan fingerprint density at radius 3 is 2.73 bits per heavy atom. The van der Waals surface area contributed by atoms with Crippen LogP contribution in [0.1, 0.15) is 18.9 Å². The van der Waals surface area contributed by atoms with Gasteiger partial charge in [-0.2, -0.15) is 0 Å². The van der Waals surface area contributed by atoms with Gasteiger partial charge in [-0.3, -0.25) is 0 Å². The van der Waals surface area contributed by atoms with Gasteiger partial charge in [-0.15, -0.1) is 0 Å². The van der Waals surface area contributed by atoms with Crippen LogP contribution < -0.4 is 0 Å². The predicted octanol–water partition coefficient (Wildman–Crippen LogP) is 2.83. The van der Waals surface area contributed by atoms with E-state index in [2.05, 4.69) is 15.9 Å². The molecule has 84 valence electrons. The van der Waals surface area contributed by atoms with Crippen molar-refractivity contribution in [1.82, 2.24) is 0 Å². The molecule has 0 aliphatic rings.